The molecule has 0 unspecified atom stereocenters. The van der Waals surface area contributed by atoms with Gasteiger partial charge in [0.2, 0.25) is 5.91 Å². The van der Waals surface area contributed by atoms with Crippen LogP contribution < -0.4 is 10.9 Å². The van der Waals surface area contributed by atoms with Crippen molar-refractivity contribution in [2.75, 3.05) is 18.4 Å². The third kappa shape index (κ3) is 3.90. The number of likely N-dealkylation sites (tertiary alicyclic amines) is 1. The minimum atomic E-state index is -0.332. The number of fused-ring (bicyclic) bond motifs is 4. The van der Waals surface area contributed by atoms with Crippen molar-refractivity contribution in [1.82, 2.24) is 14.5 Å². The molecule has 0 aliphatic carbocycles. The Labute approximate surface area is 183 Å². The second-order valence-electron chi connectivity index (χ2n) is 8.13. The van der Waals surface area contributed by atoms with E-state index in [1.54, 1.807) is 46.5 Å². The summed E-state index contributed by atoms with van der Waals surface area (Å²) < 4.78 is 1.78. The Balaban J connectivity index is 1.35. The predicted octanol–water partition coefficient (Wildman–Crippen LogP) is 2.75. The molecule has 1 fully saturated rings. The monoisotopic (exact) mass is 434 g/mol. The fourth-order valence-electron chi connectivity index (χ4n) is 4.62. The smallest absolute Gasteiger partial charge is 0.274 e. The first kappa shape index (κ1) is 19.7. The Kier molecular flexibility index (Phi) is 5.15. The molecule has 2 aliphatic heterocycles. The zero-order valence-corrected chi connectivity index (χ0v) is 17.7. The fourth-order valence-corrected chi connectivity index (χ4v) is 5.31. The Bertz CT molecular complexity index is 1170. The molecule has 2 atom stereocenters. The van der Waals surface area contributed by atoms with Gasteiger partial charge in [-0.05, 0) is 48.1 Å². The summed E-state index contributed by atoms with van der Waals surface area (Å²) in [6.45, 7) is 1.86. The van der Waals surface area contributed by atoms with Crippen LogP contribution in [-0.4, -0.2) is 39.4 Å². The van der Waals surface area contributed by atoms with Crippen LogP contribution in [0, 0.1) is 5.92 Å². The third-order valence-corrected chi connectivity index (χ3v) is 6.93. The first-order valence-electron chi connectivity index (χ1n) is 10.3. The number of amides is 2. The number of anilines is 1. The number of hydrogen-bond acceptors (Lipinski definition) is 5. The summed E-state index contributed by atoms with van der Waals surface area (Å²) in [6, 6.07) is 10.8. The van der Waals surface area contributed by atoms with Crippen molar-refractivity contribution in [2.24, 2.45) is 5.92 Å². The maximum absolute atomic E-state index is 13.1. The number of pyridine rings is 2. The van der Waals surface area contributed by atoms with Gasteiger partial charge in [-0.15, -0.1) is 11.3 Å². The van der Waals surface area contributed by atoms with Crippen LogP contribution in [0.5, 0.6) is 0 Å². The number of rotatable bonds is 4. The molecule has 8 heteroatoms. The first-order chi connectivity index (χ1) is 15.1. The molecule has 3 aromatic rings. The highest BCUT2D eigenvalue weighted by Gasteiger charge is 2.36. The predicted molar refractivity (Wildman–Crippen MR) is 118 cm³/mol. The summed E-state index contributed by atoms with van der Waals surface area (Å²) in [4.78, 5) is 45.3. The van der Waals surface area contributed by atoms with E-state index < -0.39 is 0 Å². The van der Waals surface area contributed by atoms with Crippen LogP contribution in [0.1, 0.15) is 33.3 Å². The molecule has 1 N–H and O–H groups in total. The van der Waals surface area contributed by atoms with Crippen molar-refractivity contribution in [3.05, 3.63) is 80.7 Å². The number of nitrogens with zero attached hydrogens (tertiary/aromatic N) is 3. The molecular formula is C23H22N4O3S. The van der Waals surface area contributed by atoms with Crippen molar-refractivity contribution in [3.8, 4) is 0 Å². The Hall–Kier alpha value is -3.26. The number of piperidine rings is 1. The van der Waals surface area contributed by atoms with Crippen LogP contribution in [0.15, 0.2) is 59.0 Å². The van der Waals surface area contributed by atoms with E-state index in [4.69, 9.17) is 0 Å². The van der Waals surface area contributed by atoms with E-state index in [-0.39, 0.29) is 34.9 Å². The van der Waals surface area contributed by atoms with Gasteiger partial charge in [0, 0.05) is 54.1 Å². The molecular weight excluding hydrogens is 412 g/mol. The molecule has 7 nitrogen and oxygen atoms in total. The van der Waals surface area contributed by atoms with Crippen LogP contribution >= 0.6 is 11.3 Å². The normalized spacial score (nSPS) is 19.5. The quantitative estimate of drug-likeness (QED) is 0.684. The summed E-state index contributed by atoms with van der Waals surface area (Å²) in [5.41, 5.74) is 1.48. The van der Waals surface area contributed by atoms with Crippen molar-refractivity contribution >= 4 is 28.8 Å². The van der Waals surface area contributed by atoms with Gasteiger partial charge in [-0.25, -0.2) is 0 Å². The molecule has 1 saturated heterocycles. The summed E-state index contributed by atoms with van der Waals surface area (Å²) >= 11 is 1.60. The molecule has 2 aliphatic rings. The molecule has 5 rings (SSSR count). The lowest BCUT2D eigenvalue weighted by Crippen LogP contribution is -2.49. The lowest BCUT2D eigenvalue weighted by Gasteiger charge is -2.43. The van der Waals surface area contributed by atoms with Crippen LogP contribution in [0.3, 0.4) is 0 Å². The van der Waals surface area contributed by atoms with Gasteiger partial charge >= 0.3 is 0 Å². The lowest BCUT2D eigenvalue weighted by molar-refractivity contribution is -0.133. The third-order valence-electron chi connectivity index (χ3n) is 6.05. The molecule has 3 aromatic heterocycles. The van der Waals surface area contributed by atoms with Gasteiger partial charge in [0.25, 0.3) is 11.5 Å². The number of carbonyl (C=O) groups excluding carboxylic acids is 2. The number of nitrogens with one attached hydrogen (secondary N) is 1. The second-order valence-corrected chi connectivity index (χ2v) is 9.16. The molecule has 0 aromatic carbocycles. The van der Waals surface area contributed by atoms with Crippen molar-refractivity contribution < 1.29 is 9.59 Å². The van der Waals surface area contributed by atoms with Gasteiger partial charge in [0.15, 0.2) is 0 Å². The van der Waals surface area contributed by atoms with Crippen molar-refractivity contribution in [3.63, 3.8) is 0 Å². The lowest BCUT2D eigenvalue weighted by atomic mass is 9.83. The Morgan fingerprint density at radius 2 is 1.94 bits per heavy atom. The number of aromatic nitrogens is 2. The largest absolute Gasteiger partial charge is 0.341 e. The van der Waals surface area contributed by atoms with Crippen molar-refractivity contribution in [2.45, 2.75) is 25.3 Å². The minimum absolute atomic E-state index is 0.137. The van der Waals surface area contributed by atoms with Gasteiger partial charge in [0.05, 0.1) is 6.42 Å². The average molecular weight is 435 g/mol. The highest BCUT2D eigenvalue weighted by atomic mass is 32.1. The molecule has 5 heterocycles. The first-order valence-corrected chi connectivity index (χ1v) is 11.2. The summed E-state index contributed by atoms with van der Waals surface area (Å²) in [6.07, 6.45) is 4.50. The summed E-state index contributed by atoms with van der Waals surface area (Å²) in [5, 5.41) is 4.72. The van der Waals surface area contributed by atoms with Crippen LogP contribution in [0.4, 0.5) is 5.69 Å². The number of thiophene rings is 1. The minimum Gasteiger partial charge on any atom is -0.341 e. The number of hydrogen-bond donors (Lipinski definition) is 1. The zero-order valence-electron chi connectivity index (χ0n) is 16.9. The van der Waals surface area contributed by atoms with Crippen LogP contribution in [0.2, 0.25) is 0 Å². The highest BCUT2D eigenvalue weighted by molar-refractivity contribution is 7.10. The van der Waals surface area contributed by atoms with E-state index in [0.29, 0.717) is 31.6 Å². The van der Waals surface area contributed by atoms with Crippen molar-refractivity contribution in [1.29, 1.82) is 0 Å². The Morgan fingerprint density at radius 3 is 2.71 bits per heavy atom. The van der Waals surface area contributed by atoms with E-state index in [1.165, 1.54) is 0 Å². The SMILES string of the molecule is O=C(Nc1ccc2n(c1=O)C[C@H]1C[C@@H]2CN(C(=O)Cc2cccs2)C1)c1ccncc1. The summed E-state index contributed by atoms with van der Waals surface area (Å²) in [5.74, 6) is 0.190. The van der Waals surface area contributed by atoms with Gasteiger partial charge in [0.1, 0.15) is 5.69 Å². The molecule has 158 valence electrons. The second kappa shape index (κ2) is 8.11. The van der Waals surface area contributed by atoms with E-state index in [0.717, 1.165) is 17.0 Å². The molecule has 0 spiro atoms. The van der Waals surface area contributed by atoms with Crippen LogP contribution in [-0.2, 0) is 17.8 Å². The van der Waals surface area contributed by atoms with E-state index in [2.05, 4.69) is 10.3 Å². The van der Waals surface area contributed by atoms with Crippen LogP contribution in [0.25, 0.3) is 0 Å². The molecule has 0 radical (unpaired) electrons. The number of carbonyl (C=O) groups is 2. The topological polar surface area (TPSA) is 84.3 Å². The molecule has 2 bridgehead atoms. The van der Waals surface area contributed by atoms with Gasteiger partial charge in [-0.2, -0.15) is 0 Å². The average Bonchev–Trinajstić information content (AvgIpc) is 3.29. The fraction of sp³-hybridized carbons (Fsp3) is 0.304. The molecule has 0 saturated carbocycles. The standard InChI is InChI=1S/C23H22N4O3S/c28-21(11-18-2-1-9-31-18)26-12-15-10-17(14-26)20-4-3-19(23(30)27(20)13-15)25-22(29)16-5-7-24-8-6-16/h1-9,15,17H,10-14H2,(H,25,29)/t15-,17+/m0/s1. The van der Waals surface area contributed by atoms with Gasteiger partial charge in [-0.3, -0.25) is 19.4 Å². The Morgan fingerprint density at radius 1 is 1.10 bits per heavy atom. The van der Waals surface area contributed by atoms with Gasteiger partial charge < -0.3 is 14.8 Å². The summed E-state index contributed by atoms with van der Waals surface area (Å²) in [7, 11) is 0. The molecule has 31 heavy (non-hydrogen) atoms. The molecule has 2 amide bonds. The van der Waals surface area contributed by atoms with E-state index >= 15 is 0 Å². The van der Waals surface area contributed by atoms with Gasteiger partial charge in [-0.1, -0.05) is 6.07 Å². The maximum atomic E-state index is 13.1. The maximum Gasteiger partial charge on any atom is 0.274 e. The van der Waals surface area contributed by atoms with E-state index in [9.17, 15) is 14.4 Å². The highest BCUT2D eigenvalue weighted by Crippen LogP contribution is 2.35. The zero-order chi connectivity index (χ0) is 21.4. The van der Waals surface area contributed by atoms with E-state index in [1.807, 2.05) is 28.5 Å².